The first kappa shape index (κ1) is 23.3. The molecule has 1 atom stereocenters. The van der Waals surface area contributed by atoms with E-state index in [0.29, 0.717) is 11.4 Å². The second-order valence-electron chi connectivity index (χ2n) is 6.98. The first-order valence-corrected chi connectivity index (χ1v) is 11.8. The van der Waals surface area contributed by atoms with Gasteiger partial charge in [0, 0.05) is 18.7 Å². The average Bonchev–Trinajstić information content (AvgIpc) is 2.76. The summed E-state index contributed by atoms with van der Waals surface area (Å²) in [4.78, 5) is 13.5. The van der Waals surface area contributed by atoms with Gasteiger partial charge in [-0.1, -0.05) is 37.6 Å². The molecule has 2 aromatic carbocycles. The summed E-state index contributed by atoms with van der Waals surface area (Å²) >= 11 is 6.23. The van der Waals surface area contributed by atoms with Crippen molar-refractivity contribution < 1.29 is 22.7 Å². The fraction of sp³-hybridized carbons (Fsp3) is 0.381. The number of hydrogen-bond acceptors (Lipinski definition) is 6. The number of carbonyl (C=O) groups excluding carboxylic acids is 1. The van der Waals surface area contributed by atoms with E-state index >= 15 is 0 Å². The molecule has 10 heteroatoms. The number of rotatable bonds is 9. The van der Waals surface area contributed by atoms with Gasteiger partial charge in [-0.3, -0.25) is 9.69 Å². The van der Waals surface area contributed by atoms with Crippen molar-refractivity contribution in [2.45, 2.75) is 24.8 Å². The van der Waals surface area contributed by atoms with E-state index in [9.17, 15) is 13.2 Å². The maximum atomic E-state index is 13.1. The molecular weight excluding hydrogens is 442 g/mol. The Kier molecular flexibility index (Phi) is 7.42. The van der Waals surface area contributed by atoms with E-state index in [2.05, 4.69) is 14.9 Å². The lowest BCUT2D eigenvalue weighted by molar-refractivity contribution is -0.118. The van der Waals surface area contributed by atoms with Crippen LogP contribution in [0.2, 0.25) is 5.02 Å². The van der Waals surface area contributed by atoms with Crippen molar-refractivity contribution in [3.05, 3.63) is 47.0 Å². The molecule has 1 heterocycles. The number of benzene rings is 2. The van der Waals surface area contributed by atoms with Crippen LogP contribution in [0.4, 0.5) is 5.69 Å². The van der Waals surface area contributed by atoms with E-state index in [1.54, 1.807) is 7.11 Å². The molecule has 31 heavy (non-hydrogen) atoms. The molecule has 1 aliphatic rings. The summed E-state index contributed by atoms with van der Waals surface area (Å²) in [5, 5.41) is 2.61. The lowest BCUT2D eigenvalue weighted by Gasteiger charge is -2.30. The summed E-state index contributed by atoms with van der Waals surface area (Å²) in [6.07, 6.45) is 0. The number of carbonyl (C=O) groups is 1. The normalized spacial score (nSPS) is 14.5. The predicted molar refractivity (Wildman–Crippen MR) is 119 cm³/mol. The quantitative estimate of drug-likeness (QED) is 0.588. The van der Waals surface area contributed by atoms with Crippen LogP contribution in [0.5, 0.6) is 11.5 Å². The third-order valence-electron chi connectivity index (χ3n) is 5.15. The largest absolute Gasteiger partial charge is 0.497 e. The molecule has 1 unspecified atom stereocenters. The number of anilines is 1. The second-order valence-corrected chi connectivity index (χ2v) is 9.12. The summed E-state index contributed by atoms with van der Waals surface area (Å²) in [5.74, 6) is 0.643. The zero-order valence-corrected chi connectivity index (χ0v) is 19.2. The Morgan fingerprint density at radius 2 is 2.00 bits per heavy atom. The van der Waals surface area contributed by atoms with E-state index in [0.717, 1.165) is 18.7 Å². The van der Waals surface area contributed by atoms with Crippen molar-refractivity contribution in [3.63, 3.8) is 0 Å². The van der Waals surface area contributed by atoms with Crippen LogP contribution in [-0.4, -0.2) is 52.6 Å². The molecule has 0 fully saturated rings. The molecular formula is C21H26ClN3O5S. The molecule has 0 aromatic heterocycles. The molecule has 0 aliphatic carbocycles. The molecule has 0 bridgehead atoms. The van der Waals surface area contributed by atoms with Gasteiger partial charge in [0.05, 0.1) is 17.8 Å². The summed E-state index contributed by atoms with van der Waals surface area (Å²) in [6.45, 7) is 5.50. The predicted octanol–water partition coefficient (Wildman–Crippen LogP) is 3.04. The van der Waals surface area contributed by atoms with Crippen LogP contribution in [0.15, 0.2) is 41.3 Å². The van der Waals surface area contributed by atoms with Crippen molar-refractivity contribution >= 4 is 33.2 Å². The van der Waals surface area contributed by atoms with Crippen LogP contribution in [0.1, 0.15) is 25.5 Å². The van der Waals surface area contributed by atoms with E-state index in [-0.39, 0.29) is 40.8 Å². The van der Waals surface area contributed by atoms with Crippen LogP contribution in [0, 0.1) is 0 Å². The number of sulfonamides is 1. The number of methoxy groups -OCH3 is 1. The first-order valence-electron chi connectivity index (χ1n) is 9.92. The van der Waals surface area contributed by atoms with Crippen molar-refractivity contribution in [2.75, 3.05) is 38.7 Å². The van der Waals surface area contributed by atoms with Crippen molar-refractivity contribution in [1.82, 2.24) is 9.62 Å². The highest BCUT2D eigenvalue weighted by Crippen LogP contribution is 2.35. The first-order chi connectivity index (χ1) is 14.8. The summed E-state index contributed by atoms with van der Waals surface area (Å²) < 4.78 is 39.5. The van der Waals surface area contributed by atoms with Crippen molar-refractivity contribution in [1.29, 1.82) is 0 Å². The molecule has 1 amide bonds. The Bertz CT molecular complexity index is 1060. The van der Waals surface area contributed by atoms with Crippen molar-refractivity contribution in [2.24, 2.45) is 0 Å². The number of hydrogen-bond donors (Lipinski definition) is 2. The smallest absolute Gasteiger partial charge is 0.262 e. The topological polar surface area (TPSA) is 97.0 Å². The van der Waals surface area contributed by atoms with Gasteiger partial charge in [0.25, 0.3) is 5.91 Å². The van der Waals surface area contributed by atoms with Crippen LogP contribution in [0.25, 0.3) is 0 Å². The van der Waals surface area contributed by atoms with Gasteiger partial charge in [0.2, 0.25) is 10.0 Å². The summed E-state index contributed by atoms with van der Waals surface area (Å²) in [7, 11) is -2.35. The highest BCUT2D eigenvalue weighted by atomic mass is 35.5. The molecule has 0 saturated carbocycles. The van der Waals surface area contributed by atoms with Gasteiger partial charge in [-0.15, -0.1) is 0 Å². The Morgan fingerprint density at radius 3 is 2.68 bits per heavy atom. The highest BCUT2D eigenvalue weighted by molar-refractivity contribution is 7.89. The molecule has 1 aliphatic heterocycles. The fourth-order valence-corrected chi connectivity index (χ4v) is 5.10. The number of halogens is 1. The minimum atomic E-state index is -3.94. The minimum Gasteiger partial charge on any atom is -0.497 e. The van der Waals surface area contributed by atoms with Crippen LogP contribution >= 0.6 is 11.6 Å². The van der Waals surface area contributed by atoms with Gasteiger partial charge < -0.3 is 14.8 Å². The van der Waals surface area contributed by atoms with Gasteiger partial charge >= 0.3 is 0 Å². The number of likely N-dealkylation sites (N-methyl/N-ethyl adjacent to an activating group) is 1. The lowest BCUT2D eigenvalue weighted by Crippen LogP contribution is -2.38. The monoisotopic (exact) mass is 467 g/mol. The van der Waals surface area contributed by atoms with E-state index in [4.69, 9.17) is 21.1 Å². The molecule has 168 valence electrons. The Balaban J connectivity index is 1.87. The van der Waals surface area contributed by atoms with Crippen LogP contribution in [-0.2, 0) is 14.8 Å². The number of nitrogens with one attached hydrogen (secondary N) is 2. The van der Waals surface area contributed by atoms with E-state index in [1.165, 1.54) is 12.1 Å². The Labute approximate surface area is 187 Å². The second kappa shape index (κ2) is 9.86. The maximum Gasteiger partial charge on any atom is 0.262 e. The minimum absolute atomic E-state index is 0.00202. The van der Waals surface area contributed by atoms with E-state index < -0.39 is 10.0 Å². The highest BCUT2D eigenvalue weighted by Gasteiger charge is 2.27. The van der Waals surface area contributed by atoms with Crippen molar-refractivity contribution in [3.8, 4) is 11.5 Å². The molecule has 8 nitrogen and oxygen atoms in total. The Hall–Kier alpha value is -2.33. The Morgan fingerprint density at radius 1 is 1.26 bits per heavy atom. The average molecular weight is 468 g/mol. The van der Waals surface area contributed by atoms with Gasteiger partial charge in [0.15, 0.2) is 6.61 Å². The fourth-order valence-electron chi connectivity index (χ4n) is 3.52. The SMILES string of the molecule is CCN(CC)C(CNS(=O)(=O)c1cc2c(cc1Cl)NC(=O)CO2)c1cccc(OC)c1. The van der Waals surface area contributed by atoms with Gasteiger partial charge in [-0.2, -0.15) is 0 Å². The van der Waals surface area contributed by atoms with Gasteiger partial charge in [-0.05, 0) is 36.9 Å². The zero-order valence-electron chi connectivity index (χ0n) is 17.6. The standard InChI is InChI=1S/C21H26ClN3O5S/c1-4-25(5-2)18(14-7-6-8-15(9-14)29-3)12-23-31(27,28)20-11-19-17(10-16(20)22)24-21(26)13-30-19/h6-11,18,23H,4-5,12-13H2,1-3H3,(H,24,26). The molecule has 0 radical (unpaired) electrons. The van der Waals surface area contributed by atoms with Crippen LogP contribution in [0.3, 0.4) is 0 Å². The zero-order chi connectivity index (χ0) is 22.6. The number of fused-ring (bicyclic) bond motifs is 1. The molecule has 2 N–H and O–H groups in total. The molecule has 0 saturated heterocycles. The number of ether oxygens (including phenoxy) is 2. The number of nitrogens with zero attached hydrogens (tertiary/aromatic N) is 1. The lowest BCUT2D eigenvalue weighted by atomic mass is 10.0. The summed E-state index contributed by atoms with van der Waals surface area (Å²) in [6, 6.07) is 10.1. The molecule has 2 aromatic rings. The summed E-state index contributed by atoms with van der Waals surface area (Å²) in [5.41, 5.74) is 1.28. The third-order valence-corrected chi connectivity index (χ3v) is 7.04. The van der Waals surface area contributed by atoms with Crippen LogP contribution < -0.4 is 19.5 Å². The third kappa shape index (κ3) is 5.30. The van der Waals surface area contributed by atoms with Gasteiger partial charge in [0.1, 0.15) is 16.4 Å². The van der Waals surface area contributed by atoms with E-state index in [1.807, 2.05) is 38.1 Å². The molecule has 3 rings (SSSR count). The maximum absolute atomic E-state index is 13.1. The van der Waals surface area contributed by atoms with Gasteiger partial charge in [-0.25, -0.2) is 13.1 Å². The molecule has 0 spiro atoms. The number of amides is 1.